The van der Waals surface area contributed by atoms with E-state index in [0.29, 0.717) is 0 Å². The molecule has 0 saturated carbocycles. The molecule has 1 aromatic rings. The summed E-state index contributed by atoms with van der Waals surface area (Å²) in [5.74, 6) is 0. The van der Waals surface area contributed by atoms with Gasteiger partial charge in [-0.15, -0.1) is 0 Å². The molecule has 1 rings (SSSR count). The smallest absolute Gasteiger partial charge is 0.112 e. The summed E-state index contributed by atoms with van der Waals surface area (Å²) in [6, 6.07) is 6.40. The van der Waals surface area contributed by atoms with E-state index in [1.807, 2.05) is 20.8 Å². The minimum absolute atomic E-state index is 0.156. The normalized spacial score (nSPS) is 11.5. The van der Waals surface area contributed by atoms with Gasteiger partial charge in [-0.05, 0) is 19.1 Å². The molecule has 0 bridgehead atoms. The highest BCUT2D eigenvalue weighted by Gasteiger charge is 2.13. The summed E-state index contributed by atoms with van der Waals surface area (Å²) in [5, 5.41) is 0. The van der Waals surface area contributed by atoms with E-state index in [0.717, 1.165) is 5.56 Å². The second kappa shape index (κ2) is 5.24. The van der Waals surface area contributed by atoms with Crippen LogP contribution in [0.4, 0.5) is 0 Å². The zero-order chi connectivity index (χ0) is 10.5. The molecule has 76 valence electrons. The molecule has 0 heterocycles. The molecular weight excluding hydrogens is 188 g/mol. The van der Waals surface area contributed by atoms with Crippen molar-refractivity contribution in [1.82, 2.24) is 0 Å². The average Bonchev–Trinajstić information content (AvgIpc) is 2.07. The highest BCUT2D eigenvalue weighted by Crippen LogP contribution is 2.42. The Morgan fingerprint density at radius 3 is 1.62 bits per heavy atom. The van der Waals surface area contributed by atoms with Gasteiger partial charge in [0.2, 0.25) is 0 Å². The van der Waals surface area contributed by atoms with Crippen molar-refractivity contribution in [2.24, 2.45) is 0 Å². The first-order valence-corrected chi connectivity index (χ1v) is 5.58. The maximum absolute atomic E-state index is 8.77. The van der Waals surface area contributed by atoms with Crippen molar-refractivity contribution < 1.29 is 13.7 Å². The molecule has 4 heteroatoms. The van der Waals surface area contributed by atoms with Gasteiger partial charge in [0.15, 0.2) is 0 Å². The van der Waals surface area contributed by atoms with Crippen LogP contribution in [0.25, 0.3) is 0 Å². The maximum Gasteiger partial charge on any atom is 0.112 e. The van der Waals surface area contributed by atoms with Crippen LogP contribution in [0, 0.1) is 6.92 Å². The van der Waals surface area contributed by atoms with Gasteiger partial charge in [0, 0.05) is 0 Å². The highest BCUT2D eigenvalue weighted by atomic mass is 32.3. The molecule has 1 aromatic carbocycles. The van der Waals surface area contributed by atoms with Gasteiger partial charge in [0.05, 0.1) is 4.90 Å². The Morgan fingerprint density at radius 2 is 1.31 bits per heavy atom. The SMILES string of the molecule is CC.Cc1ccc(S(O)(O)O)cc1. The molecule has 0 aliphatic heterocycles. The van der Waals surface area contributed by atoms with Crippen LogP contribution in [0.5, 0.6) is 0 Å². The molecule has 0 fully saturated rings. The van der Waals surface area contributed by atoms with Gasteiger partial charge in [-0.1, -0.05) is 31.5 Å². The average molecular weight is 204 g/mol. The van der Waals surface area contributed by atoms with Crippen LogP contribution in [0.3, 0.4) is 0 Å². The van der Waals surface area contributed by atoms with Crippen LogP contribution in [-0.4, -0.2) is 13.7 Å². The van der Waals surface area contributed by atoms with Crippen molar-refractivity contribution in [2.75, 3.05) is 0 Å². The molecule has 0 spiro atoms. The lowest BCUT2D eigenvalue weighted by Crippen LogP contribution is -1.94. The fourth-order valence-corrected chi connectivity index (χ4v) is 1.22. The summed E-state index contributed by atoms with van der Waals surface area (Å²) in [7, 11) is -3.52. The first-order valence-electron chi connectivity index (χ1n) is 4.07. The summed E-state index contributed by atoms with van der Waals surface area (Å²) in [6.07, 6.45) is 0. The Kier molecular flexibility index (Phi) is 5.02. The quantitative estimate of drug-likeness (QED) is 0.655. The van der Waals surface area contributed by atoms with Gasteiger partial charge in [0.1, 0.15) is 10.9 Å². The van der Waals surface area contributed by atoms with Crippen LogP contribution in [0.1, 0.15) is 19.4 Å². The zero-order valence-corrected chi connectivity index (χ0v) is 8.88. The third-order valence-corrected chi connectivity index (χ3v) is 2.24. The maximum atomic E-state index is 8.77. The minimum Gasteiger partial charge on any atom is -0.304 e. The second-order valence-corrected chi connectivity index (χ2v) is 3.84. The third kappa shape index (κ3) is 4.28. The standard InChI is InChI=1S/C7H10O3S.C2H6/c1-6-2-4-7(5-3-6)11(8,9)10;1-2/h2-5,8-10H,1H3;1-2H3. The largest absolute Gasteiger partial charge is 0.304 e. The molecule has 13 heavy (non-hydrogen) atoms. The van der Waals surface area contributed by atoms with E-state index in [1.54, 1.807) is 12.1 Å². The number of rotatable bonds is 1. The Labute approximate surface area is 80.6 Å². The van der Waals surface area contributed by atoms with Crippen LogP contribution < -0.4 is 0 Å². The second-order valence-electron chi connectivity index (χ2n) is 2.33. The molecule has 0 saturated heterocycles. The molecule has 0 aromatic heterocycles. The van der Waals surface area contributed by atoms with Crippen molar-refractivity contribution >= 4 is 10.9 Å². The van der Waals surface area contributed by atoms with Gasteiger partial charge in [-0.3, -0.25) is 0 Å². The van der Waals surface area contributed by atoms with Gasteiger partial charge in [-0.25, -0.2) is 0 Å². The van der Waals surface area contributed by atoms with E-state index >= 15 is 0 Å². The van der Waals surface area contributed by atoms with E-state index in [2.05, 4.69) is 0 Å². The predicted molar refractivity (Wildman–Crippen MR) is 56.3 cm³/mol. The zero-order valence-electron chi connectivity index (χ0n) is 8.06. The Balaban J connectivity index is 0.000000671. The number of hydrogen-bond acceptors (Lipinski definition) is 3. The van der Waals surface area contributed by atoms with Crippen LogP contribution in [0.2, 0.25) is 0 Å². The lowest BCUT2D eigenvalue weighted by atomic mass is 10.2. The van der Waals surface area contributed by atoms with Gasteiger partial charge in [-0.2, -0.15) is 0 Å². The molecule has 0 unspecified atom stereocenters. The van der Waals surface area contributed by atoms with E-state index in [1.165, 1.54) is 12.1 Å². The summed E-state index contributed by atoms with van der Waals surface area (Å²) in [5.41, 5.74) is 1.01. The summed E-state index contributed by atoms with van der Waals surface area (Å²) < 4.78 is 26.3. The minimum atomic E-state index is -3.52. The first kappa shape index (κ1) is 12.4. The Hall–Kier alpha value is -0.550. The molecule has 0 aliphatic carbocycles. The number of hydrogen-bond donors (Lipinski definition) is 3. The summed E-state index contributed by atoms with van der Waals surface area (Å²) >= 11 is 0. The third-order valence-electron chi connectivity index (χ3n) is 1.34. The fourth-order valence-electron chi connectivity index (χ4n) is 0.721. The van der Waals surface area contributed by atoms with Gasteiger partial charge >= 0.3 is 0 Å². The lowest BCUT2D eigenvalue weighted by Gasteiger charge is -2.18. The van der Waals surface area contributed by atoms with E-state index in [-0.39, 0.29) is 4.90 Å². The van der Waals surface area contributed by atoms with Crippen molar-refractivity contribution in [3.05, 3.63) is 29.8 Å². The van der Waals surface area contributed by atoms with E-state index in [9.17, 15) is 0 Å². The molecular formula is C9H16O3S. The molecule has 0 amide bonds. The first-order chi connectivity index (χ1) is 6.00. The van der Waals surface area contributed by atoms with Crippen LogP contribution in [0.15, 0.2) is 29.2 Å². The van der Waals surface area contributed by atoms with Crippen molar-refractivity contribution in [3.63, 3.8) is 0 Å². The van der Waals surface area contributed by atoms with Gasteiger partial charge < -0.3 is 13.7 Å². The highest BCUT2D eigenvalue weighted by molar-refractivity contribution is 8.19. The molecule has 0 atom stereocenters. The Morgan fingerprint density at radius 1 is 0.923 bits per heavy atom. The van der Waals surface area contributed by atoms with Crippen molar-refractivity contribution in [3.8, 4) is 0 Å². The van der Waals surface area contributed by atoms with Gasteiger partial charge in [0.25, 0.3) is 0 Å². The van der Waals surface area contributed by atoms with Crippen LogP contribution in [-0.2, 0) is 0 Å². The lowest BCUT2D eigenvalue weighted by molar-refractivity contribution is 0.376. The van der Waals surface area contributed by atoms with Crippen molar-refractivity contribution in [1.29, 1.82) is 0 Å². The predicted octanol–water partition coefficient (Wildman–Crippen LogP) is 3.60. The number of aryl methyl sites for hydroxylation is 1. The summed E-state index contributed by atoms with van der Waals surface area (Å²) in [4.78, 5) is 0.156. The van der Waals surface area contributed by atoms with Crippen molar-refractivity contribution in [2.45, 2.75) is 25.7 Å². The number of benzene rings is 1. The molecule has 3 nitrogen and oxygen atoms in total. The topological polar surface area (TPSA) is 60.7 Å². The Bertz CT molecular complexity index is 238. The molecule has 3 N–H and O–H groups in total. The summed E-state index contributed by atoms with van der Waals surface area (Å²) in [6.45, 7) is 5.88. The molecule has 0 radical (unpaired) electrons. The van der Waals surface area contributed by atoms with E-state index in [4.69, 9.17) is 13.7 Å². The molecule has 0 aliphatic rings. The fraction of sp³-hybridized carbons (Fsp3) is 0.333. The van der Waals surface area contributed by atoms with Crippen LogP contribution >= 0.6 is 10.9 Å². The van der Waals surface area contributed by atoms with E-state index < -0.39 is 10.9 Å². The monoisotopic (exact) mass is 204 g/mol.